The van der Waals surface area contributed by atoms with Crippen molar-refractivity contribution >= 4 is 64.9 Å². The molecule has 0 aliphatic carbocycles. The van der Waals surface area contributed by atoms with E-state index in [9.17, 15) is 0 Å². The number of rotatable bonds is 5. The minimum absolute atomic E-state index is 0.672. The summed E-state index contributed by atoms with van der Waals surface area (Å²) in [6.45, 7) is 0. The lowest BCUT2D eigenvalue weighted by Gasteiger charge is -2.11. The quantitative estimate of drug-likeness (QED) is 0.179. The van der Waals surface area contributed by atoms with E-state index in [4.69, 9.17) is 14.4 Å². The first-order valence-electron chi connectivity index (χ1n) is 18.1. The molecule has 0 spiro atoms. The lowest BCUT2D eigenvalue weighted by molar-refractivity contribution is 0.669. The molecule has 0 radical (unpaired) electrons. The Balaban J connectivity index is 1.03. The smallest absolute Gasteiger partial charge is 0.160 e. The number of fused-ring (bicyclic) bond motifs is 6. The minimum atomic E-state index is 0.672. The lowest BCUT2D eigenvalue weighted by Crippen LogP contribution is -1.96. The number of hydrogen-bond acceptors (Lipinski definition) is 4. The molecule has 0 fully saturated rings. The van der Waals surface area contributed by atoms with Crippen molar-refractivity contribution in [3.63, 3.8) is 0 Å². The second kappa shape index (κ2) is 12.4. The molecule has 0 saturated heterocycles. The van der Waals surface area contributed by atoms with Crippen LogP contribution in [-0.4, -0.2) is 9.97 Å². The molecule has 3 nitrogen and oxygen atoms in total. The largest absolute Gasteiger partial charge is 0.456 e. The Morgan fingerprint density at radius 2 is 0.963 bits per heavy atom. The summed E-state index contributed by atoms with van der Waals surface area (Å²) in [5.74, 6) is 0.672. The van der Waals surface area contributed by atoms with Crippen LogP contribution in [0.1, 0.15) is 0 Å². The Labute approximate surface area is 315 Å². The molecule has 0 bridgehead atoms. The van der Waals surface area contributed by atoms with Crippen LogP contribution in [0.5, 0.6) is 0 Å². The summed E-state index contributed by atoms with van der Waals surface area (Å²) in [6, 6.07) is 64.5. The van der Waals surface area contributed by atoms with E-state index >= 15 is 0 Å². The number of nitrogens with zero attached hydrogens (tertiary/aromatic N) is 2. The Bertz CT molecular complexity index is 3170. The first-order chi connectivity index (χ1) is 26.7. The average Bonchev–Trinajstić information content (AvgIpc) is 3.84. The Kier molecular flexibility index (Phi) is 7.04. The van der Waals surface area contributed by atoms with Crippen molar-refractivity contribution in [2.45, 2.75) is 0 Å². The summed E-state index contributed by atoms with van der Waals surface area (Å²) in [5.41, 5.74) is 10.1. The number of hydrogen-bond donors (Lipinski definition) is 0. The number of aromatic nitrogens is 2. The standard InChI is InChI=1S/C50H30N2OS/c1-2-10-37-28-47-43(26-36(37)9-1)42-27-39(24-25-46(42)53-47)50-51-44(33-18-16-32(17-19-33)41-14-7-12-31-8-3-5-13-40(31)41)30-45(52-50)34-20-22-35(23-21-34)49-29-38-11-4-6-15-48(38)54-49/h1-30H. The van der Waals surface area contributed by atoms with Crippen molar-refractivity contribution in [3.8, 4) is 55.5 Å². The summed E-state index contributed by atoms with van der Waals surface area (Å²) >= 11 is 1.82. The topological polar surface area (TPSA) is 38.9 Å². The second-order valence-electron chi connectivity index (χ2n) is 13.8. The van der Waals surface area contributed by atoms with Gasteiger partial charge in [-0.3, -0.25) is 0 Å². The van der Waals surface area contributed by atoms with Crippen LogP contribution in [0.15, 0.2) is 186 Å². The van der Waals surface area contributed by atoms with Crippen LogP contribution in [0.2, 0.25) is 0 Å². The third-order valence-corrected chi connectivity index (χ3v) is 11.7. The van der Waals surface area contributed by atoms with E-state index in [1.54, 1.807) is 0 Å². The maximum absolute atomic E-state index is 6.34. The van der Waals surface area contributed by atoms with Gasteiger partial charge in [0.2, 0.25) is 0 Å². The molecule has 0 atom stereocenters. The first-order valence-corrected chi connectivity index (χ1v) is 18.9. The predicted molar refractivity (Wildman–Crippen MR) is 227 cm³/mol. The van der Waals surface area contributed by atoms with Gasteiger partial charge in [0.1, 0.15) is 11.2 Å². The summed E-state index contributed by atoms with van der Waals surface area (Å²) in [5, 5.41) is 8.23. The van der Waals surface area contributed by atoms with Crippen LogP contribution in [0.25, 0.3) is 109 Å². The Morgan fingerprint density at radius 3 is 1.72 bits per heavy atom. The van der Waals surface area contributed by atoms with Gasteiger partial charge in [-0.15, -0.1) is 11.3 Å². The van der Waals surface area contributed by atoms with Gasteiger partial charge in [0.25, 0.3) is 0 Å². The molecule has 0 aliphatic rings. The van der Waals surface area contributed by atoms with E-state index in [1.165, 1.54) is 47.8 Å². The van der Waals surface area contributed by atoms with Gasteiger partial charge in [0, 0.05) is 37.0 Å². The molecule has 54 heavy (non-hydrogen) atoms. The normalized spacial score (nSPS) is 11.7. The second-order valence-corrected chi connectivity index (χ2v) is 14.9. The van der Waals surface area contributed by atoms with E-state index in [0.717, 1.165) is 55.4 Å². The zero-order chi connectivity index (χ0) is 35.6. The number of furan rings is 1. The molecule has 0 amide bonds. The summed E-state index contributed by atoms with van der Waals surface area (Å²) in [4.78, 5) is 11.7. The molecular weight excluding hydrogens is 677 g/mol. The molecule has 3 aromatic heterocycles. The van der Waals surface area contributed by atoms with E-state index in [2.05, 4.69) is 176 Å². The van der Waals surface area contributed by atoms with Gasteiger partial charge in [0.05, 0.1) is 11.4 Å². The van der Waals surface area contributed by atoms with Crippen molar-refractivity contribution in [2.75, 3.05) is 0 Å². The van der Waals surface area contributed by atoms with Gasteiger partial charge in [0.15, 0.2) is 5.82 Å². The molecule has 4 heteroatoms. The van der Waals surface area contributed by atoms with Crippen molar-refractivity contribution < 1.29 is 4.42 Å². The highest BCUT2D eigenvalue weighted by Crippen LogP contribution is 2.38. The van der Waals surface area contributed by atoms with Gasteiger partial charge >= 0.3 is 0 Å². The number of thiophene rings is 1. The maximum Gasteiger partial charge on any atom is 0.160 e. The van der Waals surface area contributed by atoms with Crippen molar-refractivity contribution in [2.24, 2.45) is 0 Å². The van der Waals surface area contributed by atoms with E-state index in [-0.39, 0.29) is 0 Å². The number of benzene rings is 8. The van der Waals surface area contributed by atoms with E-state index < -0.39 is 0 Å². The first kappa shape index (κ1) is 30.7. The fourth-order valence-electron chi connectivity index (χ4n) is 7.70. The highest BCUT2D eigenvalue weighted by Gasteiger charge is 2.15. The van der Waals surface area contributed by atoms with Crippen LogP contribution in [0, 0.1) is 0 Å². The molecule has 0 unspecified atom stereocenters. The third kappa shape index (κ3) is 5.27. The van der Waals surface area contributed by atoms with Gasteiger partial charge in [-0.25, -0.2) is 9.97 Å². The van der Waals surface area contributed by atoms with Crippen LogP contribution < -0.4 is 0 Å². The fourth-order valence-corrected chi connectivity index (χ4v) is 8.77. The minimum Gasteiger partial charge on any atom is -0.456 e. The lowest BCUT2D eigenvalue weighted by atomic mass is 9.97. The molecule has 0 N–H and O–H groups in total. The molecule has 11 rings (SSSR count). The molecular formula is C50H30N2OS. The monoisotopic (exact) mass is 706 g/mol. The van der Waals surface area contributed by atoms with Gasteiger partial charge in [-0.1, -0.05) is 133 Å². The third-order valence-electron chi connectivity index (χ3n) is 10.5. The van der Waals surface area contributed by atoms with Crippen molar-refractivity contribution in [1.82, 2.24) is 9.97 Å². The van der Waals surface area contributed by atoms with Crippen LogP contribution in [-0.2, 0) is 0 Å². The molecule has 0 saturated carbocycles. The Morgan fingerprint density at radius 1 is 0.370 bits per heavy atom. The average molecular weight is 707 g/mol. The van der Waals surface area contributed by atoms with E-state index in [1.807, 2.05) is 17.4 Å². The summed E-state index contributed by atoms with van der Waals surface area (Å²) in [6.07, 6.45) is 0. The van der Waals surface area contributed by atoms with Crippen LogP contribution in [0.4, 0.5) is 0 Å². The molecule has 11 aromatic rings. The zero-order valence-electron chi connectivity index (χ0n) is 29.0. The van der Waals surface area contributed by atoms with Gasteiger partial charge in [-0.05, 0) is 92.2 Å². The highest BCUT2D eigenvalue weighted by molar-refractivity contribution is 7.22. The van der Waals surface area contributed by atoms with Crippen LogP contribution >= 0.6 is 11.3 Å². The van der Waals surface area contributed by atoms with Gasteiger partial charge in [-0.2, -0.15) is 0 Å². The maximum atomic E-state index is 6.34. The predicted octanol–water partition coefficient (Wildman–Crippen LogP) is 14.2. The summed E-state index contributed by atoms with van der Waals surface area (Å²) in [7, 11) is 0. The van der Waals surface area contributed by atoms with Crippen LogP contribution in [0.3, 0.4) is 0 Å². The molecule has 8 aromatic carbocycles. The zero-order valence-corrected chi connectivity index (χ0v) is 29.8. The SMILES string of the molecule is c1ccc2cc3c(cc2c1)oc1ccc(-c2nc(-c4ccc(-c5cc6ccccc6s5)cc4)cc(-c4ccc(-c5cccc6ccccc56)cc4)n2)cc13. The molecule has 0 aliphatic heterocycles. The Hall–Kier alpha value is -6.88. The molecule has 3 heterocycles. The van der Waals surface area contributed by atoms with E-state index in [0.29, 0.717) is 5.82 Å². The fraction of sp³-hybridized carbons (Fsp3) is 0. The van der Waals surface area contributed by atoms with Crippen molar-refractivity contribution in [1.29, 1.82) is 0 Å². The van der Waals surface area contributed by atoms with Gasteiger partial charge < -0.3 is 4.42 Å². The van der Waals surface area contributed by atoms with Crippen molar-refractivity contribution in [3.05, 3.63) is 182 Å². The summed E-state index contributed by atoms with van der Waals surface area (Å²) < 4.78 is 7.63. The highest BCUT2D eigenvalue weighted by atomic mass is 32.1. The molecule has 252 valence electrons.